The van der Waals surface area contributed by atoms with Crippen LogP contribution in [0.3, 0.4) is 0 Å². The fraction of sp³-hybridized carbons (Fsp3) is 0.476. The quantitative estimate of drug-likeness (QED) is 0.711. The number of carbonyl (C=O) groups is 1. The first-order valence-corrected chi connectivity index (χ1v) is 9.62. The van der Waals surface area contributed by atoms with Gasteiger partial charge in [0.25, 0.3) is 0 Å². The van der Waals surface area contributed by atoms with E-state index in [-0.39, 0.29) is 5.91 Å². The van der Waals surface area contributed by atoms with Crippen LogP contribution >= 0.6 is 0 Å². The molecule has 8 heteroatoms. The number of aromatic nitrogens is 2. The average Bonchev–Trinajstić information content (AvgIpc) is 3.19. The van der Waals surface area contributed by atoms with E-state index in [0.717, 1.165) is 32.1 Å². The molecular formula is C21H27N3O5. The van der Waals surface area contributed by atoms with Gasteiger partial charge in [-0.1, -0.05) is 24.4 Å². The van der Waals surface area contributed by atoms with Crippen molar-refractivity contribution >= 4 is 12.0 Å². The van der Waals surface area contributed by atoms with Crippen LogP contribution in [0.15, 0.2) is 22.7 Å². The van der Waals surface area contributed by atoms with E-state index in [1.54, 1.807) is 46.5 Å². The standard InChI is InChI=1S/C21H27N3O5/c1-14-22-20(24-29-14)21(10-6-5-7-11-21)23-19(25)9-8-15-12-17(27-3)18(28-4)13-16(15)26-2/h8-9,12-13H,5-7,10-11H2,1-4H3,(H,23,25)/b9-8-. The molecule has 1 N–H and O–H groups in total. The number of methoxy groups -OCH3 is 3. The minimum atomic E-state index is -0.598. The minimum absolute atomic E-state index is 0.230. The van der Waals surface area contributed by atoms with Gasteiger partial charge in [0, 0.05) is 24.6 Å². The summed E-state index contributed by atoms with van der Waals surface area (Å²) in [5.74, 6) is 2.49. The molecule has 0 spiro atoms. The maximum atomic E-state index is 12.8. The van der Waals surface area contributed by atoms with Gasteiger partial charge in [-0.25, -0.2) is 0 Å². The molecule has 0 atom stereocenters. The van der Waals surface area contributed by atoms with Crippen LogP contribution in [0, 0.1) is 6.92 Å². The van der Waals surface area contributed by atoms with Crippen LogP contribution in [0.1, 0.15) is 49.4 Å². The largest absolute Gasteiger partial charge is 0.496 e. The highest BCUT2D eigenvalue weighted by molar-refractivity contribution is 5.92. The molecule has 0 bridgehead atoms. The molecule has 29 heavy (non-hydrogen) atoms. The Morgan fingerprint density at radius 2 is 1.72 bits per heavy atom. The molecule has 0 unspecified atom stereocenters. The van der Waals surface area contributed by atoms with Crippen molar-refractivity contribution in [2.45, 2.75) is 44.6 Å². The van der Waals surface area contributed by atoms with Crippen molar-refractivity contribution in [1.29, 1.82) is 0 Å². The summed E-state index contributed by atoms with van der Waals surface area (Å²) >= 11 is 0. The van der Waals surface area contributed by atoms with Crippen LogP contribution in [0.2, 0.25) is 0 Å². The van der Waals surface area contributed by atoms with Gasteiger partial charge in [-0.2, -0.15) is 4.98 Å². The van der Waals surface area contributed by atoms with Crippen LogP contribution in [-0.2, 0) is 10.3 Å². The molecule has 1 aliphatic carbocycles. The number of aryl methyl sites for hydroxylation is 1. The Kier molecular flexibility index (Phi) is 6.41. The molecule has 1 heterocycles. The fourth-order valence-corrected chi connectivity index (χ4v) is 3.68. The average molecular weight is 401 g/mol. The minimum Gasteiger partial charge on any atom is -0.496 e. The van der Waals surface area contributed by atoms with Crippen molar-refractivity contribution in [2.75, 3.05) is 21.3 Å². The number of carbonyl (C=O) groups excluding carboxylic acids is 1. The molecule has 1 aliphatic rings. The number of hydrogen-bond acceptors (Lipinski definition) is 7. The van der Waals surface area contributed by atoms with Gasteiger partial charge in [-0.3, -0.25) is 4.79 Å². The van der Waals surface area contributed by atoms with Crippen molar-refractivity contribution in [3.05, 3.63) is 35.5 Å². The molecular weight excluding hydrogens is 374 g/mol. The van der Waals surface area contributed by atoms with Gasteiger partial charge in [-0.15, -0.1) is 0 Å². The zero-order chi connectivity index (χ0) is 20.9. The lowest BCUT2D eigenvalue weighted by molar-refractivity contribution is -0.119. The summed E-state index contributed by atoms with van der Waals surface area (Å²) in [6.45, 7) is 1.75. The summed E-state index contributed by atoms with van der Waals surface area (Å²) in [6, 6.07) is 3.49. The summed E-state index contributed by atoms with van der Waals surface area (Å²) in [6.07, 6.45) is 7.87. The van der Waals surface area contributed by atoms with Crippen molar-refractivity contribution in [2.24, 2.45) is 0 Å². The number of ether oxygens (including phenoxy) is 3. The summed E-state index contributed by atoms with van der Waals surface area (Å²) in [7, 11) is 4.68. The van der Waals surface area contributed by atoms with E-state index in [2.05, 4.69) is 15.5 Å². The molecule has 2 aromatic rings. The summed E-state index contributed by atoms with van der Waals surface area (Å²) < 4.78 is 21.2. The van der Waals surface area contributed by atoms with Gasteiger partial charge in [0.05, 0.1) is 21.3 Å². The number of nitrogens with one attached hydrogen (secondary N) is 1. The first kappa shape index (κ1) is 20.7. The second-order valence-corrected chi connectivity index (χ2v) is 7.05. The smallest absolute Gasteiger partial charge is 0.244 e. The highest BCUT2D eigenvalue weighted by Gasteiger charge is 2.39. The highest BCUT2D eigenvalue weighted by Crippen LogP contribution is 2.37. The highest BCUT2D eigenvalue weighted by atomic mass is 16.5. The number of nitrogens with zero attached hydrogens (tertiary/aromatic N) is 2. The molecule has 1 saturated carbocycles. The predicted octanol–water partition coefficient (Wildman–Crippen LogP) is 3.39. The third kappa shape index (κ3) is 4.52. The van der Waals surface area contributed by atoms with Crippen molar-refractivity contribution in [1.82, 2.24) is 15.5 Å². The Labute approximate surface area is 170 Å². The van der Waals surface area contributed by atoms with Crippen LogP contribution in [0.5, 0.6) is 17.2 Å². The van der Waals surface area contributed by atoms with Crippen LogP contribution in [-0.4, -0.2) is 37.4 Å². The molecule has 1 fully saturated rings. The maximum Gasteiger partial charge on any atom is 0.244 e. The Balaban J connectivity index is 1.82. The van der Waals surface area contributed by atoms with Crippen molar-refractivity contribution in [3.8, 4) is 17.2 Å². The molecule has 0 aliphatic heterocycles. The Bertz CT molecular complexity index is 884. The Morgan fingerprint density at radius 1 is 1.07 bits per heavy atom. The van der Waals surface area contributed by atoms with Gasteiger partial charge in [0.1, 0.15) is 11.3 Å². The molecule has 1 aromatic heterocycles. The SMILES string of the molecule is COc1cc(OC)c(OC)cc1/C=C\C(=O)NC1(c2noc(C)n2)CCCCC1. The molecule has 8 nitrogen and oxygen atoms in total. The van der Waals surface area contributed by atoms with E-state index in [1.165, 1.54) is 6.08 Å². The van der Waals surface area contributed by atoms with Crippen LogP contribution in [0.25, 0.3) is 6.08 Å². The monoisotopic (exact) mass is 401 g/mol. The zero-order valence-corrected chi connectivity index (χ0v) is 17.3. The summed E-state index contributed by atoms with van der Waals surface area (Å²) in [5, 5.41) is 7.19. The van der Waals surface area contributed by atoms with Crippen molar-refractivity contribution < 1.29 is 23.5 Å². The van der Waals surface area contributed by atoms with E-state index >= 15 is 0 Å². The van der Waals surface area contributed by atoms with Gasteiger partial charge < -0.3 is 24.1 Å². The molecule has 3 rings (SSSR count). The first-order chi connectivity index (χ1) is 14.0. The second kappa shape index (κ2) is 8.98. The molecule has 0 saturated heterocycles. The number of benzene rings is 1. The van der Waals surface area contributed by atoms with E-state index in [9.17, 15) is 4.79 Å². The zero-order valence-electron chi connectivity index (χ0n) is 17.3. The van der Waals surface area contributed by atoms with E-state index < -0.39 is 5.54 Å². The second-order valence-electron chi connectivity index (χ2n) is 7.05. The normalized spacial score (nSPS) is 15.9. The van der Waals surface area contributed by atoms with E-state index in [4.69, 9.17) is 18.7 Å². The summed E-state index contributed by atoms with van der Waals surface area (Å²) in [5.41, 5.74) is 0.104. The van der Waals surface area contributed by atoms with Crippen molar-refractivity contribution in [3.63, 3.8) is 0 Å². The lowest BCUT2D eigenvalue weighted by Gasteiger charge is -2.34. The Hall–Kier alpha value is -3.03. The van der Waals surface area contributed by atoms with E-state index in [1.807, 2.05) is 0 Å². The third-order valence-electron chi connectivity index (χ3n) is 5.18. The lowest BCUT2D eigenvalue weighted by atomic mass is 9.81. The van der Waals surface area contributed by atoms with Gasteiger partial charge >= 0.3 is 0 Å². The fourth-order valence-electron chi connectivity index (χ4n) is 3.68. The van der Waals surface area contributed by atoms with Gasteiger partial charge in [0.15, 0.2) is 17.3 Å². The molecule has 1 amide bonds. The van der Waals surface area contributed by atoms with E-state index in [0.29, 0.717) is 34.5 Å². The first-order valence-electron chi connectivity index (χ1n) is 9.62. The third-order valence-corrected chi connectivity index (χ3v) is 5.18. The number of hydrogen-bond donors (Lipinski definition) is 1. The summed E-state index contributed by atoms with van der Waals surface area (Å²) in [4.78, 5) is 17.1. The molecule has 1 aromatic carbocycles. The Morgan fingerprint density at radius 3 is 2.31 bits per heavy atom. The number of rotatable bonds is 7. The number of amides is 1. The van der Waals surface area contributed by atoms with Gasteiger partial charge in [-0.05, 0) is 25.0 Å². The topological polar surface area (TPSA) is 95.7 Å². The maximum absolute atomic E-state index is 12.8. The lowest BCUT2D eigenvalue weighted by Crippen LogP contribution is -2.47. The molecule has 0 radical (unpaired) electrons. The predicted molar refractivity (Wildman–Crippen MR) is 107 cm³/mol. The van der Waals surface area contributed by atoms with Crippen LogP contribution in [0.4, 0.5) is 0 Å². The van der Waals surface area contributed by atoms with Gasteiger partial charge in [0.2, 0.25) is 11.8 Å². The molecule has 156 valence electrons. The van der Waals surface area contributed by atoms with Crippen LogP contribution < -0.4 is 19.5 Å².